The zero-order valence-corrected chi connectivity index (χ0v) is 14.6. The fourth-order valence-corrected chi connectivity index (χ4v) is 2.48. The van der Waals surface area contributed by atoms with Crippen LogP contribution in [0.2, 0.25) is 0 Å². The molecule has 0 aliphatic carbocycles. The lowest BCUT2D eigenvalue weighted by molar-refractivity contribution is -0.120. The van der Waals surface area contributed by atoms with Crippen molar-refractivity contribution >= 4 is 28.7 Å². The van der Waals surface area contributed by atoms with E-state index in [-0.39, 0.29) is 6.54 Å². The number of anilines is 1. The molecule has 9 nitrogen and oxygen atoms in total. The molecule has 3 amide bonds. The molecule has 9 heteroatoms. The number of imide groups is 1. The van der Waals surface area contributed by atoms with Crippen molar-refractivity contribution in [3.8, 4) is 0 Å². The summed E-state index contributed by atoms with van der Waals surface area (Å²) in [5.74, 6) is -0.626. The lowest BCUT2D eigenvalue weighted by Crippen LogP contribution is -2.38. The van der Waals surface area contributed by atoms with Crippen molar-refractivity contribution in [2.75, 3.05) is 5.32 Å². The predicted molar refractivity (Wildman–Crippen MR) is 95.8 cm³/mol. The van der Waals surface area contributed by atoms with Crippen molar-refractivity contribution in [2.45, 2.75) is 20.4 Å². The van der Waals surface area contributed by atoms with Crippen LogP contribution in [0.4, 0.5) is 10.5 Å². The van der Waals surface area contributed by atoms with Crippen molar-refractivity contribution in [3.05, 3.63) is 52.2 Å². The van der Waals surface area contributed by atoms with Gasteiger partial charge in [0.2, 0.25) is 5.91 Å². The summed E-state index contributed by atoms with van der Waals surface area (Å²) in [5.41, 5.74) is 2.74. The third kappa shape index (κ3) is 3.46. The van der Waals surface area contributed by atoms with E-state index in [1.807, 2.05) is 26.0 Å². The van der Waals surface area contributed by atoms with Gasteiger partial charge in [-0.15, -0.1) is 0 Å². The lowest BCUT2D eigenvalue weighted by Gasteiger charge is -2.09. The SMILES string of the molecule is Cc1ccc(NC(=O)NC(=O)Cn2cnc3c(cnn3C)c2=O)cc1C. The Bertz CT molecular complexity index is 1070. The Balaban J connectivity index is 1.67. The van der Waals surface area contributed by atoms with E-state index in [9.17, 15) is 14.4 Å². The molecular formula is C17H18N6O3. The molecule has 0 aliphatic rings. The van der Waals surface area contributed by atoms with Crippen LogP contribution in [0.3, 0.4) is 0 Å². The van der Waals surface area contributed by atoms with Crippen LogP contribution in [0.5, 0.6) is 0 Å². The summed E-state index contributed by atoms with van der Waals surface area (Å²) in [5, 5.41) is 9.05. The van der Waals surface area contributed by atoms with Crippen LogP contribution in [0.1, 0.15) is 11.1 Å². The van der Waals surface area contributed by atoms with Gasteiger partial charge in [-0.3, -0.25) is 24.2 Å². The maximum Gasteiger partial charge on any atom is 0.325 e. The number of rotatable bonds is 3. The maximum atomic E-state index is 12.3. The number of fused-ring (bicyclic) bond motifs is 1. The first-order valence-corrected chi connectivity index (χ1v) is 7.90. The molecule has 3 aromatic rings. The third-order valence-electron chi connectivity index (χ3n) is 4.05. The van der Waals surface area contributed by atoms with Gasteiger partial charge in [0.15, 0.2) is 5.65 Å². The van der Waals surface area contributed by atoms with Crippen molar-refractivity contribution in [1.29, 1.82) is 0 Å². The molecule has 1 aromatic carbocycles. The second-order valence-corrected chi connectivity index (χ2v) is 5.98. The molecule has 2 N–H and O–H groups in total. The number of amides is 3. The first-order chi connectivity index (χ1) is 12.3. The monoisotopic (exact) mass is 354 g/mol. The highest BCUT2D eigenvalue weighted by atomic mass is 16.2. The molecule has 0 fully saturated rings. The molecule has 2 heterocycles. The molecule has 0 saturated carbocycles. The number of carbonyl (C=O) groups is 2. The van der Waals surface area contributed by atoms with Gasteiger partial charge >= 0.3 is 6.03 Å². The molecule has 3 rings (SSSR count). The van der Waals surface area contributed by atoms with Crippen LogP contribution in [-0.4, -0.2) is 31.3 Å². The Kier molecular flexibility index (Phi) is 4.53. The predicted octanol–water partition coefficient (Wildman–Crippen LogP) is 1.10. The summed E-state index contributed by atoms with van der Waals surface area (Å²) >= 11 is 0. The molecule has 0 saturated heterocycles. The Morgan fingerprint density at radius 2 is 1.96 bits per heavy atom. The van der Waals surface area contributed by atoms with Gasteiger partial charge in [-0.05, 0) is 37.1 Å². The van der Waals surface area contributed by atoms with Crippen LogP contribution in [0.15, 0.2) is 35.5 Å². The van der Waals surface area contributed by atoms with Gasteiger partial charge in [-0.1, -0.05) is 6.07 Å². The number of urea groups is 1. The van der Waals surface area contributed by atoms with Crippen LogP contribution < -0.4 is 16.2 Å². The van der Waals surface area contributed by atoms with Crippen molar-refractivity contribution in [3.63, 3.8) is 0 Å². The van der Waals surface area contributed by atoms with Crippen LogP contribution in [0.25, 0.3) is 11.0 Å². The second-order valence-electron chi connectivity index (χ2n) is 5.98. The smallest absolute Gasteiger partial charge is 0.308 e. The average molecular weight is 354 g/mol. The first-order valence-electron chi connectivity index (χ1n) is 7.90. The van der Waals surface area contributed by atoms with Gasteiger partial charge in [0.1, 0.15) is 18.3 Å². The number of hydrogen-bond donors (Lipinski definition) is 2. The van der Waals surface area contributed by atoms with Crippen LogP contribution in [0, 0.1) is 13.8 Å². The van der Waals surface area contributed by atoms with Gasteiger partial charge < -0.3 is 5.32 Å². The summed E-state index contributed by atoms with van der Waals surface area (Å²) in [6.07, 6.45) is 2.65. The number of aryl methyl sites for hydroxylation is 3. The zero-order chi connectivity index (χ0) is 18.8. The fourth-order valence-electron chi connectivity index (χ4n) is 2.48. The van der Waals surface area contributed by atoms with Crippen molar-refractivity contribution in [1.82, 2.24) is 24.6 Å². The van der Waals surface area contributed by atoms with Gasteiger partial charge in [-0.25, -0.2) is 9.78 Å². The number of aromatic nitrogens is 4. The van der Waals surface area contributed by atoms with E-state index in [4.69, 9.17) is 0 Å². The van der Waals surface area contributed by atoms with Crippen LogP contribution >= 0.6 is 0 Å². The minimum atomic E-state index is -0.665. The van der Waals surface area contributed by atoms with Gasteiger partial charge in [0, 0.05) is 12.7 Å². The fraction of sp³-hybridized carbons (Fsp3) is 0.235. The number of nitrogens with one attached hydrogen (secondary N) is 2. The topological polar surface area (TPSA) is 111 Å². The molecule has 0 aliphatic heterocycles. The Hall–Kier alpha value is -3.49. The third-order valence-corrected chi connectivity index (χ3v) is 4.05. The number of nitrogens with zero attached hydrogens (tertiary/aromatic N) is 4. The molecular weight excluding hydrogens is 336 g/mol. The molecule has 0 atom stereocenters. The van der Waals surface area contributed by atoms with E-state index < -0.39 is 17.5 Å². The van der Waals surface area contributed by atoms with Crippen molar-refractivity contribution in [2.24, 2.45) is 7.05 Å². The molecule has 2 aromatic heterocycles. The van der Waals surface area contributed by atoms with E-state index in [2.05, 4.69) is 20.7 Å². The first kappa shape index (κ1) is 17.3. The van der Waals surface area contributed by atoms with Gasteiger partial charge in [0.05, 0.1) is 6.20 Å². The number of carbonyl (C=O) groups excluding carboxylic acids is 2. The molecule has 0 bridgehead atoms. The highest BCUT2D eigenvalue weighted by Crippen LogP contribution is 2.13. The standard InChI is InChI=1S/C17H18N6O3/c1-10-4-5-12(6-11(10)2)20-17(26)21-14(24)8-23-9-18-15-13(16(23)25)7-19-22(15)3/h4-7,9H,8H2,1-3H3,(H2,20,21,24,26). The molecule has 0 radical (unpaired) electrons. The van der Waals surface area contributed by atoms with E-state index in [0.29, 0.717) is 16.7 Å². The van der Waals surface area contributed by atoms with E-state index in [1.54, 1.807) is 13.1 Å². The highest BCUT2D eigenvalue weighted by molar-refractivity contribution is 6.01. The summed E-state index contributed by atoms with van der Waals surface area (Å²) in [6, 6.07) is 4.77. The minimum Gasteiger partial charge on any atom is -0.308 e. The summed E-state index contributed by atoms with van der Waals surface area (Å²) in [6.45, 7) is 3.57. The average Bonchev–Trinajstić information content (AvgIpc) is 2.95. The van der Waals surface area contributed by atoms with Gasteiger partial charge in [0.25, 0.3) is 5.56 Å². The van der Waals surface area contributed by atoms with E-state index in [0.717, 1.165) is 15.7 Å². The van der Waals surface area contributed by atoms with Crippen molar-refractivity contribution < 1.29 is 9.59 Å². The summed E-state index contributed by atoms with van der Waals surface area (Å²) in [4.78, 5) is 40.4. The Labute approximate surface area is 148 Å². The normalized spacial score (nSPS) is 10.7. The maximum absolute atomic E-state index is 12.3. The molecule has 0 spiro atoms. The number of benzene rings is 1. The van der Waals surface area contributed by atoms with Crippen LogP contribution in [-0.2, 0) is 18.4 Å². The zero-order valence-electron chi connectivity index (χ0n) is 14.6. The highest BCUT2D eigenvalue weighted by Gasteiger charge is 2.13. The molecule has 26 heavy (non-hydrogen) atoms. The Morgan fingerprint density at radius 1 is 1.19 bits per heavy atom. The summed E-state index contributed by atoms with van der Waals surface area (Å²) in [7, 11) is 1.67. The van der Waals surface area contributed by atoms with E-state index in [1.165, 1.54) is 17.2 Å². The largest absolute Gasteiger partial charge is 0.325 e. The molecule has 134 valence electrons. The summed E-state index contributed by atoms with van der Waals surface area (Å²) < 4.78 is 2.60. The molecule has 0 unspecified atom stereocenters. The van der Waals surface area contributed by atoms with E-state index >= 15 is 0 Å². The van der Waals surface area contributed by atoms with Gasteiger partial charge in [-0.2, -0.15) is 5.10 Å². The Morgan fingerprint density at radius 3 is 2.69 bits per heavy atom. The second kappa shape index (κ2) is 6.79. The number of hydrogen-bond acceptors (Lipinski definition) is 5. The lowest BCUT2D eigenvalue weighted by atomic mass is 10.1. The quantitative estimate of drug-likeness (QED) is 0.731. The minimum absolute atomic E-state index is 0.308.